The second-order valence-electron chi connectivity index (χ2n) is 4.12. The fourth-order valence-corrected chi connectivity index (χ4v) is 1.54. The standard InChI is InChI=1S/C13H23NO3/c1-2-3-4-5-6-7-8-9-10-12(15)14-11-13(16)17/h2H,1,3-11H2,(H,14,15)(H,16,17). The molecule has 0 aromatic heterocycles. The van der Waals surface area contributed by atoms with Crippen LogP contribution in [0.15, 0.2) is 12.7 Å². The molecular weight excluding hydrogens is 218 g/mol. The molecule has 0 fully saturated rings. The van der Waals surface area contributed by atoms with E-state index in [4.69, 9.17) is 5.11 Å². The normalized spacial score (nSPS) is 9.88. The maximum absolute atomic E-state index is 11.1. The summed E-state index contributed by atoms with van der Waals surface area (Å²) in [6.07, 6.45) is 10.1. The second-order valence-corrected chi connectivity index (χ2v) is 4.12. The van der Waals surface area contributed by atoms with Crippen molar-refractivity contribution in [1.29, 1.82) is 0 Å². The first-order valence-corrected chi connectivity index (χ1v) is 6.26. The summed E-state index contributed by atoms with van der Waals surface area (Å²) in [6.45, 7) is 3.39. The molecule has 0 atom stereocenters. The maximum atomic E-state index is 11.1. The highest BCUT2D eigenvalue weighted by atomic mass is 16.4. The van der Waals surface area contributed by atoms with E-state index in [9.17, 15) is 9.59 Å². The van der Waals surface area contributed by atoms with Gasteiger partial charge in [0.2, 0.25) is 5.91 Å². The number of allylic oxidation sites excluding steroid dienone is 1. The molecule has 2 N–H and O–H groups in total. The summed E-state index contributed by atoms with van der Waals surface area (Å²) in [5.41, 5.74) is 0. The van der Waals surface area contributed by atoms with Crippen molar-refractivity contribution in [2.75, 3.05) is 6.54 Å². The molecular formula is C13H23NO3. The van der Waals surface area contributed by atoms with Crippen LogP contribution in [0.5, 0.6) is 0 Å². The van der Waals surface area contributed by atoms with Crippen molar-refractivity contribution in [2.45, 2.75) is 51.4 Å². The molecule has 0 aliphatic carbocycles. The minimum absolute atomic E-state index is 0.168. The number of carboxylic acids is 1. The van der Waals surface area contributed by atoms with Gasteiger partial charge in [-0.2, -0.15) is 0 Å². The third-order valence-corrected chi connectivity index (χ3v) is 2.50. The van der Waals surface area contributed by atoms with Gasteiger partial charge in [0.05, 0.1) is 0 Å². The van der Waals surface area contributed by atoms with Gasteiger partial charge in [0.1, 0.15) is 6.54 Å². The second kappa shape index (κ2) is 11.2. The highest BCUT2D eigenvalue weighted by molar-refractivity contribution is 5.80. The first kappa shape index (κ1) is 15.7. The minimum Gasteiger partial charge on any atom is -0.480 e. The van der Waals surface area contributed by atoms with Crippen molar-refractivity contribution in [2.24, 2.45) is 0 Å². The van der Waals surface area contributed by atoms with Gasteiger partial charge in [-0.15, -0.1) is 6.58 Å². The molecule has 0 aromatic carbocycles. The van der Waals surface area contributed by atoms with E-state index in [0.717, 1.165) is 25.7 Å². The van der Waals surface area contributed by atoms with Crippen LogP contribution in [-0.2, 0) is 9.59 Å². The summed E-state index contributed by atoms with van der Waals surface area (Å²) in [4.78, 5) is 21.3. The zero-order valence-electron chi connectivity index (χ0n) is 10.4. The first-order valence-electron chi connectivity index (χ1n) is 6.26. The van der Waals surface area contributed by atoms with Crippen LogP contribution in [0.4, 0.5) is 0 Å². The first-order chi connectivity index (χ1) is 8.16. The van der Waals surface area contributed by atoms with E-state index in [1.54, 1.807) is 0 Å². The number of nitrogens with one attached hydrogen (secondary N) is 1. The number of hydrogen-bond donors (Lipinski definition) is 2. The van der Waals surface area contributed by atoms with Crippen molar-refractivity contribution in [3.05, 3.63) is 12.7 Å². The van der Waals surface area contributed by atoms with Gasteiger partial charge >= 0.3 is 5.97 Å². The Bertz CT molecular complexity index is 239. The van der Waals surface area contributed by atoms with Crippen molar-refractivity contribution in [1.82, 2.24) is 5.32 Å². The Labute approximate surface area is 103 Å². The zero-order valence-corrected chi connectivity index (χ0v) is 10.4. The lowest BCUT2D eigenvalue weighted by molar-refractivity contribution is -0.137. The molecule has 0 saturated heterocycles. The van der Waals surface area contributed by atoms with Crippen LogP contribution in [0.2, 0.25) is 0 Å². The Balaban J connectivity index is 3.19. The van der Waals surface area contributed by atoms with E-state index in [-0.39, 0.29) is 12.5 Å². The van der Waals surface area contributed by atoms with E-state index in [1.165, 1.54) is 19.3 Å². The molecule has 4 heteroatoms. The fraction of sp³-hybridized carbons (Fsp3) is 0.692. The molecule has 0 aliphatic heterocycles. The number of hydrogen-bond acceptors (Lipinski definition) is 2. The lowest BCUT2D eigenvalue weighted by Gasteiger charge is -2.02. The molecule has 0 rings (SSSR count). The predicted octanol–water partition coefficient (Wildman–Crippen LogP) is 2.49. The van der Waals surface area contributed by atoms with Gasteiger partial charge in [0.25, 0.3) is 0 Å². The van der Waals surface area contributed by atoms with Crippen LogP contribution >= 0.6 is 0 Å². The van der Waals surface area contributed by atoms with E-state index >= 15 is 0 Å². The highest BCUT2D eigenvalue weighted by Gasteiger charge is 2.02. The van der Waals surface area contributed by atoms with Crippen LogP contribution in [0.1, 0.15) is 51.4 Å². The van der Waals surface area contributed by atoms with Gasteiger partial charge in [-0.05, 0) is 19.3 Å². The molecule has 0 radical (unpaired) electrons. The molecule has 0 spiro atoms. The number of carboxylic acid groups (broad SMARTS) is 1. The molecule has 0 bridgehead atoms. The lowest BCUT2D eigenvalue weighted by atomic mass is 10.1. The van der Waals surface area contributed by atoms with Crippen molar-refractivity contribution in [3.8, 4) is 0 Å². The number of carbonyl (C=O) groups excluding carboxylic acids is 1. The number of aliphatic carboxylic acids is 1. The van der Waals surface area contributed by atoms with Crippen LogP contribution in [0.25, 0.3) is 0 Å². The smallest absolute Gasteiger partial charge is 0.322 e. The Morgan fingerprint density at radius 1 is 1.06 bits per heavy atom. The molecule has 0 heterocycles. The summed E-state index contributed by atoms with van der Waals surface area (Å²) in [5.74, 6) is -1.17. The topological polar surface area (TPSA) is 66.4 Å². The van der Waals surface area contributed by atoms with Gasteiger partial charge in [-0.1, -0.05) is 31.8 Å². The molecule has 98 valence electrons. The Morgan fingerprint density at radius 3 is 2.24 bits per heavy atom. The largest absolute Gasteiger partial charge is 0.480 e. The van der Waals surface area contributed by atoms with E-state index < -0.39 is 5.97 Å². The van der Waals surface area contributed by atoms with Crippen molar-refractivity contribution >= 4 is 11.9 Å². The number of amides is 1. The van der Waals surface area contributed by atoms with E-state index in [0.29, 0.717) is 6.42 Å². The predicted molar refractivity (Wildman–Crippen MR) is 67.8 cm³/mol. The Kier molecular flexibility index (Phi) is 10.3. The SMILES string of the molecule is C=CCCCCCCCCC(=O)NCC(=O)O. The van der Waals surface area contributed by atoms with Crippen LogP contribution in [-0.4, -0.2) is 23.5 Å². The lowest BCUT2D eigenvalue weighted by Crippen LogP contribution is -2.28. The molecule has 0 aliphatic rings. The third-order valence-electron chi connectivity index (χ3n) is 2.50. The number of rotatable bonds is 11. The van der Waals surface area contributed by atoms with Gasteiger partial charge < -0.3 is 10.4 Å². The zero-order chi connectivity index (χ0) is 12.9. The van der Waals surface area contributed by atoms with Gasteiger partial charge in [-0.25, -0.2) is 0 Å². The molecule has 0 aromatic rings. The monoisotopic (exact) mass is 241 g/mol. The van der Waals surface area contributed by atoms with Crippen LogP contribution in [0, 0.1) is 0 Å². The van der Waals surface area contributed by atoms with E-state index in [2.05, 4.69) is 11.9 Å². The summed E-state index contributed by atoms with van der Waals surface area (Å²) < 4.78 is 0. The van der Waals surface area contributed by atoms with Crippen molar-refractivity contribution in [3.63, 3.8) is 0 Å². The summed E-state index contributed by atoms with van der Waals surface area (Å²) >= 11 is 0. The highest BCUT2D eigenvalue weighted by Crippen LogP contribution is 2.08. The minimum atomic E-state index is -0.999. The number of unbranched alkanes of at least 4 members (excludes halogenated alkanes) is 6. The van der Waals surface area contributed by atoms with Gasteiger partial charge in [-0.3, -0.25) is 9.59 Å². The van der Waals surface area contributed by atoms with Gasteiger partial charge in [0, 0.05) is 6.42 Å². The van der Waals surface area contributed by atoms with E-state index in [1.807, 2.05) is 6.08 Å². The maximum Gasteiger partial charge on any atom is 0.322 e. The van der Waals surface area contributed by atoms with Gasteiger partial charge in [0.15, 0.2) is 0 Å². The summed E-state index contributed by atoms with van der Waals surface area (Å²) in [6, 6.07) is 0. The number of carbonyl (C=O) groups is 2. The molecule has 4 nitrogen and oxygen atoms in total. The third kappa shape index (κ3) is 12.6. The Hall–Kier alpha value is -1.32. The molecule has 0 unspecified atom stereocenters. The average molecular weight is 241 g/mol. The summed E-state index contributed by atoms with van der Waals surface area (Å²) in [7, 11) is 0. The van der Waals surface area contributed by atoms with Crippen molar-refractivity contribution < 1.29 is 14.7 Å². The van der Waals surface area contributed by atoms with Crippen LogP contribution in [0.3, 0.4) is 0 Å². The fourth-order valence-electron chi connectivity index (χ4n) is 1.54. The molecule has 17 heavy (non-hydrogen) atoms. The quantitative estimate of drug-likeness (QED) is 0.431. The average Bonchev–Trinajstić information content (AvgIpc) is 2.30. The Morgan fingerprint density at radius 2 is 1.65 bits per heavy atom. The summed E-state index contributed by atoms with van der Waals surface area (Å²) in [5, 5.41) is 10.7. The van der Waals surface area contributed by atoms with Crippen LogP contribution < -0.4 is 5.32 Å². The molecule has 1 amide bonds. The molecule has 0 saturated carbocycles.